The lowest BCUT2D eigenvalue weighted by atomic mass is 9.98. The monoisotopic (exact) mass is 415 g/mol. The van der Waals surface area contributed by atoms with E-state index in [1.807, 2.05) is 69.3 Å². The molecule has 0 saturated carbocycles. The Morgan fingerprint density at radius 2 is 1.62 bits per heavy atom. The molecule has 5 nitrogen and oxygen atoms in total. The van der Waals surface area contributed by atoms with Crippen LogP contribution in [0.1, 0.15) is 32.3 Å². The summed E-state index contributed by atoms with van der Waals surface area (Å²) in [5.74, 6) is 0. The van der Waals surface area contributed by atoms with Gasteiger partial charge in [-0.3, -0.25) is 0 Å². The highest BCUT2D eigenvalue weighted by Gasteiger charge is 2.33. The smallest absolute Gasteiger partial charge is 0.268 e. The normalized spacial score (nSPS) is 19.6. The summed E-state index contributed by atoms with van der Waals surface area (Å²) in [6.07, 6.45) is 2.89. The van der Waals surface area contributed by atoms with E-state index in [4.69, 9.17) is 9.47 Å². The van der Waals surface area contributed by atoms with Crippen LogP contribution in [-0.2, 0) is 19.5 Å². The molecule has 1 aliphatic rings. The molecule has 3 rings (SSSR count). The molecule has 0 spiro atoms. The number of hydrogen-bond acceptors (Lipinski definition) is 4. The lowest BCUT2D eigenvalue weighted by Gasteiger charge is -2.34. The maximum absolute atomic E-state index is 13.7. The molecule has 1 aliphatic carbocycles. The van der Waals surface area contributed by atoms with E-state index >= 15 is 0 Å². The molecule has 2 atom stereocenters. The second-order valence-electron chi connectivity index (χ2n) is 7.09. The SMILES string of the molecule is CCO[C@@H]1CC(N(c2ccccc2)S(=O)(=O)c2ccc(C)cc2)=C[C@@H](OCC)C1. The van der Waals surface area contributed by atoms with Crippen molar-refractivity contribution in [2.45, 2.75) is 50.7 Å². The Morgan fingerprint density at radius 1 is 0.966 bits per heavy atom. The molecule has 0 N–H and O–H groups in total. The van der Waals surface area contributed by atoms with Crippen LogP contribution in [0.2, 0.25) is 0 Å². The average Bonchev–Trinajstić information content (AvgIpc) is 2.69. The topological polar surface area (TPSA) is 55.8 Å². The number of para-hydroxylation sites is 1. The minimum atomic E-state index is -3.79. The highest BCUT2D eigenvalue weighted by molar-refractivity contribution is 7.93. The predicted molar refractivity (Wildman–Crippen MR) is 115 cm³/mol. The van der Waals surface area contributed by atoms with E-state index in [1.54, 1.807) is 12.1 Å². The standard InChI is InChI=1S/C23H29NO4S/c1-4-27-21-15-20(16-22(17-21)28-5-2)24(19-9-7-6-8-10-19)29(25,26)23-13-11-18(3)12-14-23/h6-15,21-22H,4-5,16-17H2,1-3H3/t21-,22-/m1/s1. The molecule has 0 bridgehead atoms. The third kappa shape index (κ3) is 5.07. The summed E-state index contributed by atoms with van der Waals surface area (Å²) < 4.78 is 40.5. The van der Waals surface area contributed by atoms with E-state index in [-0.39, 0.29) is 17.1 Å². The Bertz CT molecular complexity index is 923. The molecular weight excluding hydrogens is 386 g/mol. The molecule has 156 valence electrons. The minimum Gasteiger partial charge on any atom is -0.378 e. The Balaban J connectivity index is 2.09. The van der Waals surface area contributed by atoms with Gasteiger partial charge in [-0.15, -0.1) is 0 Å². The summed E-state index contributed by atoms with van der Waals surface area (Å²) in [7, 11) is -3.79. The zero-order chi connectivity index (χ0) is 20.9. The molecule has 0 saturated heterocycles. The molecule has 29 heavy (non-hydrogen) atoms. The van der Waals surface area contributed by atoms with E-state index < -0.39 is 10.0 Å². The van der Waals surface area contributed by atoms with Gasteiger partial charge >= 0.3 is 0 Å². The van der Waals surface area contributed by atoms with Crippen molar-refractivity contribution in [3.05, 3.63) is 71.9 Å². The van der Waals surface area contributed by atoms with Crippen LogP contribution in [-0.4, -0.2) is 33.8 Å². The van der Waals surface area contributed by atoms with Crippen molar-refractivity contribution in [2.24, 2.45) is 0 Å². The van der Waals surface area contributed by atoms with E-state index in [2.05, 4.69) is 0 Å². The van der Waals surface area contributed by atoms with Gasteiger partial charge < -0.3 is 9.47 Å². The van der Waals surface area contributed by atoms with Crippen LogP contribution in [0.5, 0.6) is 0 Å². The number of benzene rings is 2. The molecular formula is C23H29NO4S. The maximum atomic E-state index is 13.7. The quantitative estimate of drug-likeness (QED) is 0.628. The van der Waals surface area contributed by atoms with Crippen molar-refractivity contribution in [1.29, 1.82) is 0 Å². The number of nitrogens with zero attached hydrogens (tertiary/aromatic N) is 1. The van der Waals surface area contributed by atoms with Gasteiger partial charge in [0.2, 0.25) is 0 Å². The lowest BCUT2D eigenvalue weighted by molar-refractivity contribution is 0.000418. The number of sulfonamides is 1. The van der Waals surface area contributed by atoms with Crippen molar-refractivity contribution in [1.82, 2.24) is 0 Å². The molecule has 6 heteroatoms. The molecule has 0 heterocycles. The van der Waals surface area contributed by atoms with E-state index in [1.165, 1.54) is 4.31 Å². The molecule has 0 aromatic heterocycles. The zero-order valence-corrected chi connectivity index (χ0v) is 18.1. The highest BCUT2D eigenvalue weighted by atomic mass is 32.2. The summed E-state index contributed by atoms with van der Waals surface area (Å²) >= 11 is 0. The largest absolute Gasteiger partial charge is 0.378 e. The fourth-order valence-electron chi connectivity index (χ4n) is 3.61. The average molecular weight is 416 g/mol. The molecule has 0 unspecified atom stereocenters. The Labute approximate surface area is 174 Å². The summed E-state index contributed by atoms with van der Waals surface area (Å²) in [6, 6.07) is 16.1. The van der Waals surface area contributed by atoms with Gasteiger partial charge in [-0.2, -0.15) is 0 Å². The van der Waals surface area contributed by atoms with Crippen LogP contribution in [0.4, 0.5) is 5.69 Å². The fourth-order valence-corrected chi connectivity index (χ4v) is 5.14. The lowest BCUT2D eigenvalue weighted by Crippen LogP contribution is -2.37. The van der Waals surface area contributed by atoms with Crippen LogP contribution in [0.3, 0.4) is 0 Å². The highest BCUT2D eigenvalue weighted by Crippen LogP contribution is 2.34. The van der Waals surface area contributed by atoms with Crippen molar-refractivity contribution >= 4 is 15.7 Å². The van der Waals surface area contributed by atoms with E-state index in [0.717, 1.165) is 12.0 Å². The Hall–Kier alpha value is -2.15. The third-order valence-electron chi connectivity index (χ3n) is 4.90. The fraction of sp³-hybridized carbons (Fsp3) is 0.391. The summed E-state index contributed by atoms with van der Waals surface area (Å²) in [5.41, 5.74) is 2.30. The van der Waals surface area contributed by atoms with Gasteiger partial charge in [-0.05, 0) is 51.1 Å². The van der Waals surface area contributed by atoms with Crippen LogP contribution in [0, 0.1) is 6.92 Å². The number of rotatable bonds is 8. The molecule has 2 aromatic rings. The third-order valence-corrected chi connectivity index (χ3v) is 6.70. The maximum Gasteiger partial charge on any atom is 0.268 e. The number of aryl methyl sites for hydroxylation is 1. The van der Waals surface area contributed by atoms with E-state index in [9.17, 15) is 8.42 Å². The molecule has 0 amide bonds. The molecule has 0 radical (unpaired) electrons. The molecule has 2 aromatic carbocycles. The molecule has 0 aliphatic heterocycles. The van der Waals surface area contributed by atoms with Crippen LogP contribution >= 0.6 is 0 Å². The first-order valence-corrected chi connectivity index (χ1v) is 11.5. The first-order chi connectivity index (χ1) is 14.0. The van der Waals surface area contributed by atoms with Crippen molar-refractivity contribution in [2.75, 3.05) is 17.5 Å². The van der Waals surface area contributed by atoms with Gasteiger partial charge in [-0.25, -0.2) is 12.7 Å². The molecule has 0 fully saturated rings. The first-order valence-electron chi connectivity index (χ1n) is 10.1. The van der Waals surface area contributed by atoms with Crippen LogP contribution in [0.15, 0.2) is 71.3 Å². The van der Waals surface area contributed by atoms with Gasteiger partial charge in [-0.1, -0.05) is 35.9 Å². The van der Waals surface area contributed by atoms with Crippen molar-refractivity contribution in [3.8, 4) is 0 Å². The van der Waals surface area contributed by atoms with Gasteiger partial charge in [0.05, 0.1) is 22.8 Å². The van der Waals surface area contributed by atoms with E-state index in [0.29, 0.717) is 31.0 Å². The summed E-state index contributed by atoms with van der Waals surface area (Å²) in [6.45, 7) is 6.96. The Kier molecular flexibility index (Phi) is 7.11. The van der Waals surface area contributed by atoms with Gasteiger partial charge in [0.1, 0.15) is 0 Å². The summed E-state index contributed by atoms with van der Waals surface area (Å²) in [4.78, 5) is 0.263. The zero-order valence-electron chi connectivity index (χ0n) is 17.2. The predicted octanol–water partition coefficient (Wildman–Crippen LogP) is 4.68. The first kappa shape index (κ1) is 21.6. The van der Waals surface area contributed by atoms with Crippen LogP contribution in [0.25, 0.3) is 0 Å². The number of hydrogen-bond donors (Lipinski definition) is 0. The minimum absolute atomic E-state index is 0.0871. The van der Waals surface area contributed by atoms with Crippen LogP contribution < -0.4 is 4.31 Å². The van der Waals surface area contributed by atoms with Crippen molar-refractivity contribution < 1.29 is 17.9 Å². The van der Waals surface area contributed by atoms with Gasteiger partial charge in [0.25, 0.3) is 10.0 Å². The Morgan fingerprint density at radius 3 is 2.24 bits per heavy atom. The number of anilines is 1. The van der Waals surface area contributed by atoms with Gasteiger partial charge in [0, 0.05) is 31.8 Å². The second-order valence-corrected chi connectivity index (χ2v) is 8.87. The number of ether oxygens (including phenoxy) is 2. The van der Waals surface area contributed by atoms with Gasteiger partial charge in [0.15, 0.2) is 0 Å². The second kappa shape index (κ2) is 9.57. The summed E-state index contributed by atoms with van der Waals surface area (Å²) in [5, 5.41) is 0. The van der Waals surface area contributed by atoms with Crippen molar-refractivity contribution in [3.63, 3.8) is 0 Å².